The Morgan fingerprint density at radius 3 is 0.857 bits per heavy atom. The molecular weight excluding hydrogens is 1170 g/mol. The van der Waals surface area contributed by atoms with E-state index in [1.165, 1.54) is 99.5 Å². The maximum Gasteiger partial charge on any atom is 0.0541 e. The van der Waals surface area contributed by atoms with Gasteiger partial charge in [-0.1, -0.05) is 286 Å². The summed E-state index contributed by atoms with van der Waals surface area (Å²) in [5, 5.41) is 8.63. The van der Waals surface area contributed by atoms with E-state index < -0.39 is 0 Å². The number of para-hydroxylation sites is 7. The van der Waals surface area contributed by atoms with Crippen molar-refractivity contribution in [2.24, 2.45) is 0 Å². The zero-order valence-corrected chi connectivity index (χ0v) is 50.4. The molecule has 0 bridgehead atoms. The average Bonchev–Trinajstić information content (AvgIpc) is 1.65. The Hall–Kier alpha value is -11.2. The number of nitrogens with zero attached hydrogens (tertiary/aromatic N) is 3. The lowest BCUT2D eigenvalue weighted by atomic mass is 10.0. The second-order valence-corrected chi connectivity index (χ2v) is 22.8. The van der Waals surface area contributed by atoms with Gasteiger partial charge in [0.05, 0.1) is 33.4 Å². The molecule has 0 radical (unpaired) electrons. The van der Waals surface area contributed by atoms with Gasteiger partial charge in [0.2, 0.25) is 0 Å². The van der Waals surface area contributed by atoms with E-state index in [0.717, 1.165) is 32.9 Å². The van der Waals surface area contributed by atoms with Gasteiger partial charge in [0.15, 0.2) is 0 Å². The van der Waals surface area contributed by atoms with Gasteiger partial charge in [-0.3, -0.25) is 0 Å². The van der Waals surface area contributed by atoms with Crippen LogP contribution in [0.4, 0.5) is 28.4 Å². The maximum absolute atomic E-state index is 3.55. The molecule has 16 rings (SSSR count). The number of hydrogen-bond acceptors (Lipinski definition) is 2. The molecule has 440 valence electrons. The van der Waals surface area contributed by atoms with Crippen LogP contribution in [0.1, 0.15) is 14.9 Å². The molecule has 0 saturated carbocycles. The van der Waals surface area contributed by atoms with Crippen LogP contribution in [0.2, 0.25) is 0 Å². The molecule has 4 nitrogen and oxygen atoms in total. The summed E-state index contributed by atoms with van der Waals surface area (Å²) < 4.78 is 5.92. The van der Waals surface area contributed by atoms with E-state index in [1.807, 2.05) is 36.4 Å². The molecule has 0 saturated heterocycles. The fraction of sp³-hybridized carbons (Fsp3) is 0.0233. The Morgan fingerprint density at radius 1 is 0.231 bits per heavy atom. The SMILES string of the molecule is Brc1ccccc1.C.C.c1ccc(-c2ccc(N(c3ccccc3)c3ccc(-c4ccccc4-n4c5ccccc5c5ccccc54)cc3)cc2)cc1.c1ccc(-c2ccc(Nc3ccc(-c4ccccc4-n4c5ccccc5c5ccccc54)cc3)cc2)cc1. The molecule has 0 aliphatic heterocycles. The average molecular weight is 1240 g/mol. The number of nitrogens with one attached hydrogen (secondary N) is 1. The molecule has 0 atom stereocenters. The van der Waals surface area contributed by atoms with Crippen molar-refractivity contribution in [1.29, 1.82) is 0 Å². The molecule has 91 heavy (non-hydrogen) atoms. The predicted molar refractivity (Wildman–Crippen MR) is 395 cm³/mol. The fourth-order valence-electron chi connectivity index (χ4n) is 12.1. The number of benzene rings is 14. The minimum Gasteiger partial charge on any atom is -0.356 e. The molecule has 0 fully saturated rings. The van der Waals surface area contributed by atoms with Crippen LogP contribution in [0.3, 0.4) is 0 Å². The van der Waals surface area contributed by atoms with Crippen molar-refractivity contribution in [3.05, 3.63) is 368 Å². The number of rotatable bonds is 11. The summed E-state index contributed by atoms with van der Waals surface area (Å²) in [5.74, 6) is 0. The molecule has 16 aromatic rings. The topological polar surface area (TPSA) is 25.1 Å². The third-order valence-corrected chi connectivity index (χ3v) is 16.9. The van der Waals surface area contributed by atoms with Crippen molar-refractivity contribution in [2.75, 3.05) is 10.2 Å². The standard InChI is InChI=1S/C42H30N2.C36H26N2.C6H5Br.2CH4/c1-3-13-31(14-4-1)32-23-27-35(28-24-32)43(34-15-5-2-6-16-34)36-29-25-33(26-30-36)37-17-7-10-20-40(37)44-41-21-11-8-18-38(41)39-19-9-12-22-42(39)44;1-2-10-26(11-3-1)27-18-22-29(23-19-27)37-30-24-20-28(21-25-30)31-12-4-7-15-34(31)38-35-16-8-5-13-32(35)33-14-6-9-17-36(33)38;7-6-4-2-1-3-5-6;;/h1-30H;1-25,37H;1-5H;2*1H4. The van der Waals surface area contributed by atoms with Gasteiger partial charge in [0, 0.05) is 65.6 Å². The van der Waals surface area contributed by atoms with Gasteiger partial charge in [0.25, 0.3) is 0 Å². The summed E-state index contributed by atoms with van der Waals surface area (Å²) in [6.45, 7) is 0. The molecule has 2 heterocycles. The van der Waals surface area contributed by atoms with Crippen LogP contribution in [0.5, 0.6) is 0 Å². The van der Waals surface area contributed by atoms with Crippen LogP contribution in [0, 0.1) is 0 Å². The van der Waals surface area contributed by atoms with E-state index in [0.29, 0.717) is 0 Å². The normalized spacial score (nSPS) is 10.7. The Labute approximate surface area is 543 Å². The Bertz CT molecular complexity index is 4900. The molecule has 14 aromatic carbocycles. The second-order valence-electron chi connectivity index (χ2n) is 21.8. The summed E-state index contributed by atoms with van der Waals surface area (Å²) in [6.07, 6.45) is 0. The van der Waals surface area contributed by atoms with Crippen molar-refractivity contribution in [2.45, 2.75) is 14.9 Å². The Morgan fingerprint density at radius 2 is 0.495 bits per heavy atom. The van der Waals surface area contributed by atoms with E-state index in [-0.39, 0.29) is 14.9 Å². The van der Waals surface area contributed by atoms with Crippen molar-refractivity contribution in [3.8, 4) is 55.9 Å². The summed E-state index contributed by atoms with van der Waals surface area (Å²) in [7, 11) is 0. The summed E-state index contributed by atoms with van der Waals surface area (Å²) >= 11 is 3.31. The van der Waals surface area contributed by atoms with E-state index in [4.69, 9.17) is 0 Å². The van der Waals surface area contributed by atoms with Gasteiger partial charge in [-0.05, 0) is 143 Å². The van der Waals surface area contributed by atoms with Gasteiger partial charge in [0.1, 0.15) is 0 Å². The molecular formula is C86H69BrN4. The first-order valence-corrected chi connectivity index (χ1v) is 30.9. The highest BCUT2D eigenvalue weighted by atomic mass is 79.9. The summed E-state index contributed by atoms with van der Waals surface area (Å²) in [5.41, 5.74) is 22.4. The van der Waals surface area contributed by atoms with Gasteiger partial charge < -0.3 is 19.4 Å². The van der Waals surface area contributed by atoms with Gasteiger partial charge >= 0.3 is 0 Å². The van der Waals surface area contributed by atoms with E-state index in [2.05, 4.69) is 363 Å². The third kappa shape index (κ3) is 12.8. The first-order valence-electron chi connectivity index (χ1n) is 30.1. The van der Waals surface area contributed by atoms with Crippen molar-refractivity contribution >= 4 is 88.0 Å². The number of fused-ring (bicyclic) bond motifs is 6. The molecule has 0 unspecified atom stereocenters. The second kappa shape index (κ2) is 27.9. The minimum absolute atomic E-state index is 0. The van der Waals surface area contributed by atoms with Crippen LogP contribution in [0.15, 0.2) is 368 Å². The monoisotopic (exact) mass is 1240 g/mol. The molecule has 0 spiro atoms. The van der Waals surface area contributed by atoms with Gasteiger partial charge in [-0.25, -0.2) is 0 Å². The highest BCUT2D eigenvalue weighted by Crippen LogP contribution is 2.41. The van der Waals surface area contributed by atoms with E-state index >= 15 is 0 Å². The fourth-order valence-corrected chi connectivity index (χ4v) is 12.4. The molecule has 0 amide bonds. The first-order chi connectivity index (χ1) is 44.1. The van der Waals surface area contributed by atoms with Crippen LogP contribution in [-0.4, -0.2) is 9.13 Å². The number of aromatic nitrogens is 2. The lowest BCUT2D eigenvalue weighted by molar-refractivity contribution is 1.18. The largest absolute Gasteiger partial charge is 0.356 e. The van der Waals surface area contributed by atoms with Crippen LogP contribution >= 0.6 is 15.9 Å². The van der Waals surface area contributed by atoms with Crippen molar-refractivity contribution in [1.82, 2.24) is 9.13 Å². The summed E-state index contributed by atoms with van der Waals surface area (Å²) in [4.78, 5) is 2.32. The molecule has 5 heteroatoms. The first kappa shape index (κ1) is 60.1. The molecule has 0 aliphatic rings. The highest BCUT2D eigenvalue weighted by Gasteiger charge is 2.18. The van der Waals surface area contributed by atoms with Gasteiger partial charge in [-0.2, -0.15) is 0 Å². The van der Waals surface area contributed by atoms with Crippen molar-refractivity contribution in [3.63, 3.8) is 0 Å². The Kier molecular flexibility index (Phi) is 18.4. The minimum atomic E-state index is 0. The zero-order chi connectivity index (χ0) is 59.7. The van der Waals surface area contributed by atoms with Crippen LogP contribution in [-0.2, 0) is 0 Å². The number of hydrogen-bond donors (Lipinski definition) is 1. The quantitative estimate of drug-likeness (QED) is 0.140. The van der Waals surface area contributed by atoms with E-state index in [9.17, 15) is 0 Å². The number of anilines is 5. The Balaban J connectivity index is 0.000000157. The van der Waals surface area contributed by atoms with Gasteiger partial charge in [-0.15, -0.1) is 0 Å². The number of halogens is 1. The van der Waals surface area contributed by atoms with Crippen LogP contribution < -0.4 is 10.2 Å². The van der Waals surface area contributed by atoms with E-state index in [1.54, 1.807) is 0 Å². The van der Waals surface area contributed by atoms with Crippen LogP contribution in [0.25, 0.3) is 99.5 Å². The molecule has 0 aliphatic carbocycles. The molecule has 1 N–H and O–H groups in total. The predicted octanol–water partition coefficient (Wildman–Crippen LogP) is 25.2. The van der Waals surface area contributed by atoms with Crippen molar-refractivity contribution < 1.29 is 0 Å². The smallest absolute Gasteiger partial charge is 0.0541 e. The molecule has 2 aromatic heterocycles. The zero-order valence-electron chi connectivity index (χ0n) is 48.9. The summed E-state index contributed by atoms with van der Waals surface area (Å²) in [6, 6.07) is 129. The lowest BCUT2D eigenvalue weighted by Gasteiger charge is -2.26. The highest BCUT2D eigenvalue weighted by molar-refractivity contribution is 9.10. The lowest BCUT2D eigenvalue weighted by Crippen LogP contribution is -2.09. The maximum atomic E-state index is 3.55. The third-order valence-electron chi connectivity index (χ3n) is 16.3.